The number of H-pyrrole nitrogens is 1. The van der Waals surface area contributed by atoms with Gasteiger partial charge in [-0.25, -0.2) is 9.78 Å². The van der Waals surface area contributed by atoms with E-state index in [9.17, 15) is 4.79 Å². The Kier molecular flexibility index (Phi) is 3.73. The second kappa shape index (κ2) is 5.29. The van der Waals surface area contributed by atoms with Gasteiger partial charge in [-0.15, -0.1) is 0 Å². The van der Waals surface area contributed by atoms with Gasteiger partial charge in [0.05, 0.1) is 6.20 Å². The Morgan fingerprint density at radius 2 is 2.37 bits per heavy atom. The number of nitrogens with two attached hydrogens (primary N) is 1. The Morgan fingerprint density at radius 3 is 3.11 bits per heavy atom. The molecule has 104 valence electrons. The minimum Gasteiger partial charge on any atom is -0.384 e. The molecule has 0 aliphatic carbocycles. The molecule has 2 aromatic heterocycles. The van der Waals surface area contributed by atoms with Gasteiger partial charge in [-0.05, 0) is 12.8 Å². The lowest BCUT2D eigenvalue weighted by Crippen LogP contribution is -2.23. The van der Waals surface area contributed by atoms with Crippen molar-refractivity contribution in [3.63, 3.8) is 0 Å². The smallest absolute Gasteiger partial charge is 0.384 e. The number of hydrogen-bond acceptors (Lipinski definition) is 5. The normalized spacial score (nSPS) is 18.4. The molecule has 3 rings (SSSR count). The van der Waals surface area contributed by atoms with Crippen LogP contribution in [0.2, 0.25) is 0 Å². The van der Waals surface area contributed by atoms with E-state index in [4.69, 9.17) is 10.3 Å². The number of aromatic nitrogens is 4. The molecule has 0 fully saturated rings. The molecule has 19 heavy (non-hydrogen) atoms. The number of aryl methyl sites for hydroxylation is 1. The predicted molar refractivity (Wildman–Crippen MR) is 70.8 cm³/mol. The van der Waals surface area contributed by atoms with Gasteiger partial charge in [0.2, 0.25) is 0 Å². The molecular weight excluding hydrogens is 246 g/mol. The number of rotatable bonds is 2. The summed E-state index contributed by atoms with van der Waals surface area (Å²) in [4.78, 5) is 18.9. The molecule has 3 N–H and O–H groups in total. The minimum absolute atomic E-state index is 0. The lowest BCUT2D eigenvalue weighted by molar-refractivity contribution is 0.351. The third-order valence-electron chi connectivity index (χ3n) is 3.33. The molecule has 0 amide bonds. The molecule has 0 saturated carbocycles. The first-order chi connectivity index (χ1) is 8.74. The van der Waals surface area contributed by atoms with Gasteiger partial charge in [0.1, 0.15) is 11.6 Å². The van der Waals surface area contributed by atoms with Crippen molar-refractivity contribution >= 4 is 5.82 Å². The Labute approximate surface area is 110 Å². The molecule has 0 spiro atoms. The quantitative estimate of drug-likeness (QED) is 0.851. The molecule has 7 heteroatoms. The first-order valence-electron chi connectivity index (χ1n) is 6.10. The van der Waals surface area contributed by atoms with Crippen molar-refractivity contribution in [3.05, 3.63) is 28.4 Å². The van der Waals surface area contributed by atoms with Gasteiger partial charge >= 0.3 is 5.76 Å². The molecule has 0 aromatic carbocycles. The number of nitrogen functional groups attached to an aromatic ring is 1. The van der Waals surface area contributed by atoms with Crippen molar-refractivity contribution in [2.45, 2.75) is 45.6 Å². The zero-order chi connectivity index (χ0) is 12.5. The van der Waals surface area contributed by atoms with Crippen LogP contribution in [0.25, 0.3) is 0 Å². The largest absolute Gasteiger partial charge is 0.441 e. The summed E-state index contributed by atoms with van der Waals surface area (Å²) in [6, 6.07) is 0.0480. The van der Waals surface area contributed by atoms with Gasteiger partial charge < -0.3 is 10.7 Å². The number of hydrogen-bond donors (Lipinski definition) is 2. The van der Waals surface area contributed by atoms with E-state index in [1.54, 1.807) is 10.8 Å². The zero-order valence-corrected chi connectivity index (χ0v) is 9.93. The van der Waals surface area contributed by atoms with Gasteiger partial charge in [-0.3, -0.25) is 9.09 Å². The fourth-order valence-electron chi connectivity index (χ4n) is 2.50. The van der Waals surface area contributed by atoms with Crippen molar-refractivity contribution in [2.75, 3.05) is 5.73 Å². The van der Waals surface area contributed by atoms with Crippen molar-refractivity contribution in [2.24, 2.45) is 0 Å². The van der Waals surface area contributed by atoms with Gasteiger partial charge in [0, 0.05) is 18.9 Å². The molecule has 1 aliphatic heterocycles. The summed E-state index contributed by atoms with van der Waals surface area (Å²) in [5.74, 6) is 1.69. The average molecular weight is 265 g/mol. The average Bonchev–Trinajstić information content (AvgIpc) is 2.84. The van der Waals surface area contributed by atoms with E-state index >= 15 is 0 Å². The van der Waals surface area contributed by atoms with Crippen LogP contribution in [0.4, 0.5) is 5.82 Å². The summed E-state index contributed by atoms with van der Waals surface area (Å²) in [5, 5.41) is 3.83. The number of anilines is 1. The maximum absolute atomic E-state index is 11.7. The van der Waals surface area contributed by atoms with E-state index in [0.717, 1.165) is 37.3 Å². The SMILES string of the molecule is C.Nc1cnc(CC2CCCCc3noc(=O)n32)[nH]1. The maximum Gasteiger partial charge on any atom is 0.441 e. The van der Waals surface area contributed by atoms with Crippen molar-refractivity contribution < 1.29 is 4.52 Å². The second-order valence-corrected chi connectivity index (χ2v) is 4.62. The number of nitrogens with zero attached hydrogens (tertiary/aromatic N) is 3. The van der Waals surface area contributed by atoms with E-state index in [1.165, 1.54) is 0 Å². The Hall–Kier alpha value is -2.05. The van der Waals surface area contributed by atoms with Gasteiger partial charge in [-0.1, -0.05) is 19.0 Å². The highest BCUT2D eigenvalue weighted by molar-refractivity contribution is 5.24. The standard InChI is InChI=1S/C11H15N5O2.CH4/c12-8-6-13-9(14-8)5-7-3-1-2-4-10-15-18-11(17)16(7)10;/h6-7H,1-5,12H2,(H,13,14);1H4. The van der Waals surface area contributed by atoms with Gasteiger partial charge in [0.15, 0.2) is 5.82 Å². The fourth-order valence-corrected chi connectivity index (χ4v) is 2.50. The van der Waals surface area contributed by atoms with Crippen LogP contribution in [0.1, 0.15) is 44.4 Å². The Bertz CT molecular complexity index is 597. The van der Waals surface area contributed by atoms with Crippen LogP contribution in [-0.4, -0.2) is 19.7 Å². The number of fused-ring (bicyclic) bond motifs is 1. The first kappa shape index (κ1) is 13.4. The molecule has 1 unspecified atom stereocenters. The third kappa shape index (κ3) is 2.54. The Balaban J connectivity index is 0.00000133. The van der Waals surface area contributed by atoms with Crippen LogP contribution in [0.3, 0.4) is 0 Å². The molecule has 2 aromatic rings. The highest BCUT2D eigenvalue weighted by atomic mass is 16.5. The van der Waals surface area contributed by atoms with Crippen LogP contribution in [-0.2, 0) is 12.8 Å². The number of imidazole rings is 1. The molecule has 0 bridgehead atoms. The predicted octanol–water partition coefficient (Wildman–Crippen LogP) is 1.29. The lowest BCUT2D eigenvalue weighted by atomic mass is 10.1. The van der Waals surface area contributed by atoms with Crippen molar-refractivity contribution in [3.8, 4) is 0 Å². The summed E-state index contributed by atoms with van der Waals surface area (Å²) >= 11 is 0. The lowest BCUT2D eigenvalue weighted by Gasteiger charge is -2.14. The van der Waals surface area contributed by atoms with Gasteiger partial charge in [-0.2, -0.15) is 0 Å². The molecule has 3 heterocycles. The summed E-state index contributed by atoms with van der Waals surface area (Å²) in [6.07, 6.45) is 6.05. The molecule has 0 radical (unpaired) electrons. The second-order valence-electron chi connectivity index (χ2n) is 4.62. The highest BCUT2D eigenvalue weighted by Gasteiger charge is 2.24. The zero-order valence-electron chi connectivity index (χ0n) is 9.93. The van der Waals surface area contributed by atoms with E-state index in [0.29, 0.717) is 12.2 Å². The van der Waals surface area contributed by atoms with Gasteiger partial charge in [0.25, 0.3) is 0 Å². The highest BCUT2D eigenvalue weighted by Crippen LogP contribution is 2.24. The van der Waals surface area contributed by atoms with Crippen LogP contribution in [0.5, 0.6) is 0 Å². The monoisotopic (exact) mass is 265 g/mol. The summed E-state index contributed by atoms with van der Waals surface area (Å²) in [6.45, 7) is 0. The first-order valence-corrected chi connectivity index (χ1v) is 6.10. The molecule has 1 aliphatic rings. The third-order valence-corrected chi connectivity index (χ3v) is 3.33. The topological polar surface area (TPSA) is 103 Å². The number of aromatic amines is 1. The van der Waals surface area contributed by atoms with Crippen LogP contribution in [0.15, 0.2) is 15.5 Å². The van der Waals surface area contributed by atoms with Crippen molar-refractivity contribution in [1.29, 1.82) is 0 Å². The number of nitrogens with one attached hydrogen (secondary N) is 1. The Morgan fingerprint density at radius 1 is 1.53 bits per heavy atom. The van der Waals surface area contributed by atoms with E-state index in [-0.39, 0.29) is 19.2 Å². The van der Waals surface area contributed by atoms with E-state index in [2.05, 4.69) is 15.1 Å². The van der Waals surface area contributed by atoms with Crippen LogP contribution < -0.4 is 11.5 Å². The minimum atomic E-state index is -0.378. The van der Waals surface area contributed by atoms with Crippen LogP contribution >= 0.6 is 0 Å². The van der Waals surface area contributed by atoms with Crippen LogP contribution in [0, 0.1) is 0 Å². The molecule has 7 nitrogen and oxygen atoms in total. The van der Waals surface area contributed by atoms with E-state index in [1.807, 2.05) is 0 Å². The summed E-state index contributed by atoms with van der Waals surface area (Å²) in [5.41, 5.74) is 5.60. The molecule has 1 atom stereocenters. The van der Waals surface area contributed by atoms with Crippen molar-refractivity contribution in [1.82, 2.24) is 19.7 Å². The van der Waals surface area contributed by atoms with E-state index < -0.39 is 0 Å². The summed E-state index contributed by atoms with van der Waals surface area (Å²) in [7, 11) is 0. The molecular formula is C12H19N5O2. The fraction of sp³-hybridized carbons (Fsp3) is 0.583. The maximum atomic E-state index is 11.7. The molecule has 0 saturated heterocycles. The summed E-state index contributed by atoms with van der Waals surface area (Å²) < 4.78 is 6.41.